The van der Waals surface area contributed by atoms with Crippen molar-refractivity contribution in [3.05, 3.63) is 100.0 Å². The quantitative estimate of drug-likeness (QED) is 0.250. The molecule has 0 N–H and O–H groups in total. The molecule has 32 heavy (non-hydrogen) atoms. The molecule has 0 saturated carbocycles. The van der Waals surface area contributed by atoms with Gasteiger partial charge in [0.05, 0.1) is 10.6 Å². The fraction of sp³-hybridized carbons (Fsp3) is 0.115. The number of amides is 1. The topological polar surface area (TPSA) is 46.6 Å². The van der Waals surface area contributed by atoms with E-state index in [0.717, 1.165) is 16.9 Å². The zero-order valence-corrected chi connectivity index (χ0v) is 19.3. The first-order chi connectivity index (χ1) is 15.4. The van der Waals surface area contributed by atoms with Crippen LogP contribution in [0.1, 0.15) is 34.0 Å². The van der Waals surface area contributed by atoms with E-state index in [9.17, 15) is 9.59 Å². The molecule has 1 saturated heterocycles. The predicted octanol–water partition coefficient (Wildman–Crippen LogP) is 6.18. The van der Waals surface area contributed by atoms with E-state index in [-0.39, 0.29) is 11.7 Å². The highest BCUT2D eigenvalue weighted by atomic mass is 32.2. The second-order valence-corrected chi connectivity index (χ2v) is 9.15. The van der Waals surface area contributed by atoms with Crippen molar-refractivity contribution in [2.24, 2.45) is 0 Å². The number of thioether (sulfide) groups is 1. The van der Waals surface area contributed by atoms with Crippen molar-refractivity contribution < 1.29 is 14.3 Å². The van der Waals surface area contributed by atoms with E-state index >= 15 is 0 Å². The molecule has 3 aromatic carbocycles. The normalized spacial score (nSPS) is 14.8. The number of ketones is 1. The average molecular weight is 460 g/mol. The van der Waals surface area contributed by atoms with Gasteiger partial charge in [0.1, 0.15) is 12.4 Å². The maximum atomic E-state index is 13.1. The third-order valence-electron chi connectivity index (χ3n) is 4.99. The molecule has 160 valence electrons. The number of nitrogens with zero attached hydrogens (tertiary/aromatic N) is 1. The fourth-order valence-electron chi connectivity index (χ4n) is 3.25. The van der Waals surface area contributed by atoms with Crippen molar-refractivity contribution in [1.82, 2.24) is 0 Å². The Balaban J connectivity index is 1.51. The minimum Gasteiger partial charge on any atom is -0.489 e. The largest absolute Gasteiger partial charge is 0.489 e. The molecule has 1 heterocycles. The van der Waals surface area contributed by atoms with Crippen LogP contribution in [0.3, 0.4) is 0 Å². The van der Waals surface area contributed by atoms with Gasteiger partial charge in [-0.05, 0) is 55.3 Å². The highest BCUT2D eigenvalue weighted by Gasteiger charge is 2.33. The summed E-state index contributed by atoms with van der Waals surface area (Å²) in [6, 6.07) is 22.8. The summed E-state index contributed by atoms with van der Waals surface area (Å²) in [5, 5.41) is 0. The molecule has 0 atom stereocenters. The second kappa shape index (κ2) is 9.51. The first-order valence-electron chi connectivity index (χ1n) is 10.1. The van der Waals surface area contributed by atoms with Crippen LogP contribution < -0.4 is 9.64 Å². The number of hydrogen-bond donors (Lipinski definition) is 0. The third kappa shape index (κ3) is 4.98. The van der Waals surface area contributed by atoms with Crippen LogP contribution >= 0.6 is 24.0 Å². The van der Waals surface area contributed by atoms with E-state index < -0.39 is 0 Å². The Morgan fingerprint density at radius 3 is 2.56 bits per heavy atom. The molecule has 0 aromatic heterocycles. The molecule has 6 heteroatoms. The van der Waals surface area contributed by atoms with Gasteiger partial charge in [0.15, 0.2) is 10.1 Å². The highest BCUT2D eigenvalue weighted by molar-refractivity contribution is 8.27. The molecule has 0 unspecified atom stereocenters. The van der Waals surface area contributed by atoms with Crippen LogP contribution in [0.5, 0.6) is 5.75 Å². The Labute approximate surface area is 196 Å². The number of Topliss-reactive ketones (excluding diaryl/α,β-unsaturated/α-hetero) is 1. The van der Waals surface area contributed by atoms with E-state index in [2.05, 4.69) is 19.1 Å². The number of rotatable bonds is 6. The Morgan fingerprint density at radius 2 is 1.81 bits per heavy atom. The number of carbonyl (C=O) groups is 2. The molecule has 3 aromatic rings. The van der Waals surface area contributed by atoms with Crippen molar-refractivity contribution in [2.75, 3.05) is 4.90 Å². The Bertz CT molecular complexity index is 1230. The van der Waals surface area contributed by atoms with E-state index in [1.165, 1.54) is 29.1 Å². The fourth-order valence-corrected chi connectivity index (χ4v) is 4.55. The molecule has 4 nitrogen and oxygen atoms in total. The van der Waals surface area contributed by atoms with Crippen LogP contribution in [0.2, 0.25) is 0 Å². The molecule has 1 aliphatic rings. The molecule has 1 fully saturated rings. The van der Waals surface area contributed by atoms with Crippen molar-refractivity contribution in [2.45, 2.75) is 20.5 Å². The zero-order valence-electron chi connectivity index (χ0n) is 17.7. The second-order valence-electron chi connectivity index (χ2n) is 7.47. The predicted molar refractivity (Wildman–Crippen MR) is 134 cm³/mol. The van der Waals surface area contributed by atoms with Crippen LogP contribution in [0.15, 0.2) is 77.7 Å². The lowest BCUT2D eigenvalue weighted by Crippen LogP contribution is -2.27. The zero-order chi connectivity index (χ0) is 22.7. The number of benzene rings is 3. The summed E-state index contributed by atoms with van der Waals surface area (Å²) in [7, 11) is 0. The summed E-state index contributed by atoms with van der Waals surface area (Å²) in [5.41, 5.74) is 4.29. The summed E-state index contributed by atoms with van der Waals surface area (Å²) >= 11 is 6.70. The maximum absolute atomic E-state index is 13.1. The van der Waals surface area contributed by atoms with Gasteiger partial charge in [-0.2, -0.15) is 0 Å². The first kappa shape index (κ1) is 22.0. The summed E-state index contributed by atoms with van der Waals surface area (Å²) in [6.45, 7) is 4.02. The van der Waals surface area contributed by atoms with Crippen LogP contribution in [0.25, 0.3) is 6.08 Å². The molecular weight excluding hydrogens is 438 g/mol. The number of ether oxygens (including phenoxy) is 1. The van der Waals surface area contributed by atoms with Crippen LogP contribution in [-0.4, -0.2) is 16.0 Å². The van der Waals surface area contributed by atoms with Crippen molar-refractivity contribution in [1.29, 1.82) is 0 Å². The molecular formula is C26H21NO3S2. The van der Waals surface area contributed by atoms with Gasteiger partial charge in [0, 0.05) is 5.56 Å². The van der Waals surface area contributed by atoms with E-state index in [0.29, 0.717) is 27.1 Å². The summed E-state index contributed by atoms with van der Waals surface area (Å²) in [6.07, 6.45) is 1.81. The van der Waals surface area contributed by atoms with Crippen molar-refractivity contribution >= 4 is 51.8 Å². The molecule has 4 rings (SSSR count). The Kier molecular flexibility index (Phi) is 6.53. The molecule has 0 bridgehead atoms. The maximum Gasteiger partial charge on any atom is 0.270 e. The van der Waals surface area contributed by atoms with Crippen LogP contribution in [0.4, 0.5) is 5.69 Å². The van der Waals surface area contributed by atoms with Crippen LogP contribution in [0, 0.1) is 6.92 Å². The van der Waals surface area contributed by atoms with Gasteiger partial charge in [0.25, 0.3) is 5.91 Å². The van der Waals surface area contributed by atoms with Gasteiger partial charge < -0.3 is 4.74 Å². The van der Waals surface area contributed by atoms with Gasteiger partial charge in [0.2, 0.25) is 0 Å². The lowest BCUT2D eigenvalue weighted by Gasteiger charge is -2.15. The summed E-state index contributed by atoms with van der Waals surface area (Å²) in [5.74, 6) is 0.464. The van der Waals surface area contributed by atoms with E-state index in [1.54, 1.807) is 24.3 Å². The van der Waals surface area contributed by atoms with Crippen LogP contribution in [-0.2, 0) is 11.4 Å². The highest BCUT2D eigenvalue weighted by Crippen LogP contribution is 2.36. The smallest absolute Gasteiger partial charge is 0.270 e. The average Bonchev–Trinajstić information content (AvgIpc) is 3.06. The van der Waals surface area contributed by atoms with Gasteiger partial charge in [-0.1, -0.05) is 78.1 Å². The standard InChI is InChI=1S/C26H21NO3S2/c1-17-9-11-19(12-10-17)16-30-23-8-3-5-20(13-23)14-24-25(29)27(26(31)32-24)22-7-4-6-21(15-22)18(2)28/h3-15H,16H2,1-2H3/b24-14-. The van der Waals surface area contributed by atoms with Gasteiger partial charge in [-0.3, -0.25) is 14.5 Å². The number of carbonyl (C=O) groups excluding carboxylic acids is 2. The molecule has 0 spiro atoms. The number of aryl methyl sites for hydroxylation is 1. The minimum atomic E-state index is -0.202. The Hall–Kier alpha value is -3.22. The SMILES string of the molecule is CC(=O)c1cccc(N2C(=O)/C(=C/c3cccc(OCc4ccc(C)cc4)c3)SC2=S)c1. The third-order valence-corrected chi connectivity index (χ3v) is 6.29. The molecule has 0 radical (unpaired) electrons. The monoisotopic (exact) mass is 459 g/mol. The molecule has 1 aliphatic heterocycles. The lowest BCUT2D eigenvalue weighted by atomic mass is 10.1. The van der Waals surface area contributed by atoms with E-state index in [4.69, 9.17) is 17.0 Å². The van der Waals surface area contributed by atoms with Crippen molar-refractivity contribution in [3.8, 4) is 5.75 Å². The van der Waals surface area contributed by atoms with Gasteiger partial charge in [-0.15, -0.1) is 0 Å². The number of thiocarbonyl (C=S) groups is 1. The van der Waals surface area contributed by atoms with Crippen molar-refractivity contribution in [3.63, 3.8) is 0 Å². The van der Waals surface area contributed by atoms with E-state index in [1.807, 2.05) is 42.5 Å². The first-order valence-corrected chi connectivity index (χ1v) is 11.3. The number of anilines is 1. The molecule has 1 amide bonds. The summed E-state index contributed by atoms with van der Waals surface area (Å²) < 4.78 is 6.36. The Morgan fingerprint density at radius 1 is 1.06 bits per heavy atom. The minimum absolute atomic E-state index is 0.0599. The van der Waals surface area contributed by atoms with Gasteiger partial charge >= 0.3 is 0 Å². The van der Waals surface area contributed by atoms with Gasteiger partial charge in [-0.25, -0.2) is 0 Å². The number of hydrogen-bond acceptors (Lipinski definition) is 5. The molecule has 0 aliphatic carbocycles. The lowest BCUT2D eigenvalue weighted by molar-refractivity contribution is -0.113. The summed E-state index contributed by atoms with van der Waals surface area (Å²) in [4.78, 5) is 26.8.